The molecule has 0 radical (unpaired) electrons. The van der Waals surface area contributed by atoms with Gasteiger partial charge in [0.2, 0.25) is 35.4 Å². The lowest BCUT2D eigenvalue weighted by Crippen LogP contribution is -2.61. The van der Waals surface area contributed by atoms with Crippen molar-refractivity contribution in [1.82, 2.24) is 41.8 Å². The number of carbonyl (C=O) groups is 7. The van der Waals surface area contributed by atoms with Gasteiger partial charge in [0.1, 0.15) is 54.7 Å². The highest BCUT2D eigenvalue weighted by Gasteiger charge is 2.45. The van der Waals surface area contributed by atoms with Crippen LogP contribution in [-0.2, 0) is 59.4 Å². The van der Waals surface area contributed by atoms with E-state index in [4.69, 9.17) is 20.9 Å². The normalized spacial score (nSPS) is 21.6. The second-order valence-electron chi connectivity index (χ2n) is 19.2. The summed E-state index contributed by atoms with van der Waals surface area (Å²) < 4.78 is 11.8. The van der Waals surface area contributed by atoms with E-state index in [0.717, 1.165) is 16.5 Å². The second kappa shape index (κ2) is 26.8. The number of alkyl carbamates (subject to hydrolysis) is 1. The van der Waals surface area contributed by atoms with E-state index in [9.17, 15) is 24.0 Å². The average Bonchev–Trinajstić information content (AvgIpc) is 4.08. The number of nitrogens with zero attached hydrogens (tertiary/aromatic N) is 1. The van der Waals surface area contributed by atoms with Crippen molar-refractivity contribution >= 4 is 52.4 Å². The first-order chi connectivity index (χ1) is 37.5. The predicted molar refractivity (Wildman–Crippen MR) is 288 cm³/mol. The van der Waals surface area contributed by atoms with Gasteiger partial charge in [0.05, 0.1) is 6.54 Å². The molecule has 0 spiro atoms. The van der Waals surface area contributed by atoms with Gasteiger partial charge in [-0.25, -0.2) is 4.79 Å². The summed E-state index contributed by atoms with van der Waals surface area (Å²) in [4.78, 5) is 107. The Morgan fingerprint density at radius 3 is 1.87 bits per heavy atom. The molecule has 7 amide bonds. The smallest absolute Gasteiger partial charge is 0.407 e. The zero-order valence-corrected chi connectivity index (χ0v) is 42.7. The van der Waals surface area contributed by atoms with Crippen molar-refractivity contribution in [1.29, 1.82) is 0 Å². The Bertz CT molecular complexity index is 2960. The number of para-hydroxylation sites is 1. The molecule has 2 saturated heterocycles. The average molecular weight is 1050 g/mol. The molecule has 2 fully saturated rings. The maximum Gasteiger partial charge on any atom is 0.407 e. The predicted octanol–water partition coefficient (Wildman–Crippen LogP) is 3.37. The maximum absolute atomic E-state index is 15.3. The zero-order valence-electron chi connectivity index (χ0n) is 42.7. The van der Waals surface area contributed by atoms with Crippen molar-refractivity contribution in [3.63, 3.8) is 0 Å². The molecule has 77 heavy (non-hydrogen) atoms. The Labute approximate surface area is 446 Å². The number of H-pyrrole nitrogens is 1. The van der Waals surface area contributed by atoms with E-state index in [1.807, 2.05) is 60.7 Å². The van der Waals surface area contributed by atoms with Crippen molar-refractivity contribution in [2.24, 2.45) is 11.5 Å². The molecule has 6 aromatic rings. The van der Waals surface area contributed by atoms with Gasteiger partial charge in [-0.3, -0.25) is 28.8 Å². The summed E-state index contributed by atoms with van der Waals surface area (Å²) in [6, 6.07) is 33.6. The van der Waals surface area contributed by atoms with Gasteiger partial charge in [-0.05, 0) is 71.8 Å². The van der Waals surface area contributed by atoms with Gasteiger partial charge >= 0.3 is 6.09 Å². The number of nitrogens with two attached hydrogens (primary N) is 2. The third-order valence-corrected chi connectivity index (χ3v) is 13.7. The molecule has 4 unspecified atom stereocenters. The number of amides is 7. The van der Waals surface area contributed by atoms with Crippen molar-refractivity contribution in [3.8, 4) is 5.75 Å². The van der Waals surface area contributed by atoms with Crippen LogP contribution >= 0.6 is 0 Å². The van der Waals surface area contributed by atoms with Crippen LogP contribution in [0.25, 0.3) is 10.9 Å². The SMILES string of the molecule is NCCCCC1NC(=O)[C@@H](Cc2c[nH]c3ccccc23)NC(=O)C(c2ccccc2)NC(=O)C2C[C@@H](OC(=O)NCCN)CN2C(=O)[C@H](Cc2ccccc2)NC(=O)C(Cc2ccc(OCc3ccccc3)cc2)NC1=O. The number of carbonyl (C=O) groups excluding carboxylic acids is 7. The van der Waals surface area contributed by atoms with Gasteiger partial charge in [0, 0.05) is 55.9 Å². The molecule has 2 aliphatic heterocycles. The summed E-state index contributed by atoms with van der Waals surface area (Å²) in [5.41, 5.74) is 15.7. The Morgan fingerprint density at radius 1 is 0.584 bits per heavy atom. The molecular formula is C58H66N10O9. The minimum atomic E-state index is -1.42. The third-order valence-electron chi connectivity index (χ3n) is 13.7. The van der Waals surface area contributed by atoms with Crippen LogP contribution in [0.4, 0.5) is 4.79 Å². The number of hydrogen-bond acceptors (Lipinski definition) is 11. The first-order valence-electron chi connectivity index (χ1n) is 26.0. The molecule has 2 aliphatic rings. The number of fused-ring (bicyclic) bond motifs is 2. The molecule has 3 heterocycles. The zero-order chi connectivity index (χ0) is 54.1. The van der Waals surface area contributed by atoms with Crippen LogP contribution in [0.5, 0.6) is 5.75 Å². The van der Waals surface area contributed by atoms with Crippen LogP contribution in [0.3, 0.4) is 0 Å². The molecule has 0 saturated carbocycles. The fraction of sp³-hybridized carbons (Fsp3) is 0.328. The second-order valence-corrected chi connectivity index (χ2v) is 19.2. The van der Waals surface area contributed by atoms with Crippen LogP contribution in [0.15, 0.2) is 146 Å². The molecule has 8 rings (SSSR count). The fourth-order valence-corrected chi connectivity index (χ4v) is 9.65. The molecule has 19 nitrogen and oxygen atoms in total. The van der Waals surface area contributed by atoms with Crippen molar-refractivity contribution < 1.29 is 43.0 Å². The lowest BCUT2D eigenvalue weighted by molar-refractivity contribution is -0.143. The minimum Gasteiger partial charge on any atom is -0.489 e. The highest BCUT2D eigenvalue weighted by atomic mass is 16.6. The first-order valence-corrected chi connectivity index (χ1v) is 26.0. The van der Waals surface area contributed by atoms with Gasteiger partial charge in [0.15, 0.2) is 0 Å². The summed E-state index contributed by atoms with van der Waals surface area (Å²) >= 11 is 0. The Hall–Kier alpha value is -8.55. The third kappa shape index (κ3) is 14.9. The van der Waals surface area contributed by atoms with Crippen molar-refractivity contribution in [2.45, 2.75) is 93.9 Å². The topological polar surface area (TPSA) is 281 Å². The maximum atomic E-state index is 15.3. The van der Waals surface area contributed by atoms with Crippen LogP contribution < -0.4 is 48.1 Å². The van der Waals surface area contributed by atoms with Gasteiger partial charge < -0.3 is 62.7 Å². The minimum absolute atomic E-state index is 0.0385. The number of ether oxygens (including phenoxy) is 2. The number of hydrogen-bond donors (Lipinski definition) is 9. The van der Waals surface area contributed by atoms with Gasteiger partial charge in [-0.1, -0.05) is 121 Å². The van der Waals surface area contributed by atoms with Gasteiger partial charge in [-0.2, -0.15) is 0 Å². The van der Waals surface area contributed by atoms with Crippen LogP contribution in [0, 0.1) is 0 Å². The molecule has 5 aromatic carbocycles. The van der Waals surface area contributed by atoms with E-state index < -0.39 is 83.9 Å². The van der Waals surface area contributed by atoms with E-state index in [1.165, 1.54) is 4.90 Å². The summed E-state index contributed by atoms with van der Waals surface area (Å²) in [6.45, 7) is 0.617. The van der Waals surface area contributed by atoms with Crippen molar-refractivity contribution in [2.75, 3.05) is 26.2 Å². The van der Waals surface area contributed by atoms with E-state index in [-0.39, 0.29) is 51.7 Å². The van der Waals surface area contributed by atoms with Gasteiger partial charge in [-0.15, -0.1) is 0 Å². The first kappa shape index (κ1) is 54.7. The number of aromatic amines is 1. The molecule has 0 bridgehead atoms. The summed E-state index contributed by atoms with van der Waals surface area (Å²) in [5, 5.41) is 17.9. The number of benzene rings is 5. The molecule has 402 valence electrons. The van der Waals surface area contributed by atoms with Crippen LogP contribution in [0.1, 0.15) is 59.5 Å². The Morgan fingerprint density at radius 2 is 1.17 bits per heavy atom. The van der Waals surface area contributed by atoms with E-state index in [1.54, 1.807) is 85.1 Å². The highest BCUT2D eigenvalue weighted by molar-refractivity contribution is 5.99. The molecule has 11 N–H and O–H groups in total. The lowest BCUT2D eigenvalue weighted by Gasteiger charge is -2.32. The van der Waals surface area contributed by atoms with Crippen LogP contribution in [0.2, 0.25) is 0 Å². The summed E-state index contributed by atoms with van der Waals surface area (Å²) in [6.07, 6.45) is 0.652. The van der Waals surface area contributed by atoms with E-state index in [2.05, 4.69) is 36.9 Å². The van der Waals surface area contributed by atoms with Crippen molar-refractivity contribution in [3.05, 3.63) is 174 Å². The number of unbranched alkanes of at least 4 members (excludes halogenated alkanes) is 1. The molecule has 19 heteroatoms. The van der Waals surface area contributed by atoms with Crippen LogP contribution in [-0.4, -0.2) is 114 Å². The van der Waals surface area contributed by atoms with Gasteiger partial charge in [0.25, 0.3) is 0 Å². The van der Waals surface area contributed by atoms with E-state index >= 15 is 9.59 Å². The molecule has 1 aromatic heterocycles. The summed E-state index contributed by atoms with van der Waals surface area (Å²) in [7, 11) is 0. The number of rotatable bonds is 17. The highest BCUT2D eigenvalue weighted by Crippen LogP contribution is 2.26. The quantitative estimate of drug-likeness (QED) is 0.0598. The van der Waals surface area contributed by atoms with E-state index in [0.29, 0.717) is 54.0 Å². The fourth-order valence-electron chi connectivity index (χ4n) is 9.65. The standard InChI is InChI=1S/C58H66N10O9/c59-27-13-12-22-46-52(69)64-47(30-38-23-25-42(26-24-38)76-36-39-16-6-2-7-17-39)53(70)66-49(31-37-14-4-1-5-15-37)57(74)68-35-43(77-58(75)61-29-28-60)33-50(68)55(72)67-51(40-18-8-3-9-19-40)56(73)65-48(54(71)63-46)32-41-34-62-45-21-11-10-20-44(41)45/h1-11,14-21,23-26,34,43,46-51,62H,12-13,22,27-33,35-36,59-60H2,(H,61,75)(H,63,71)(H,64,69)(H,65,73)(H,66,70)(H,67,72)/t43-,46?,47?,48-,49+,50?,51?/m1/s1. The largest absolute Gasteiger partial charge is 0.489 e. The summed E-state index contributed by atoms with van der Waals surface area (Å²) in [5.74, 6) is -3.76. The number of aromatic nitrogens is 1. The monoisotopic (exact) mass is 1050 g/mol. The Balaban J connectivity index is 1.19. The molecular weight excluding hydrogens is 981 g/mol. The molecule has 7 atom stereocenters. The Kier molecular flexibility index (Phi) is 19.0. The lowest BCUT2D eigenvalue weighted by atomic mass is 9.99. The molecule has 0 aliphatic carbocycles. The number of nitrogens with one attached hydrogen (secondary N) is 7.